The van der Waals surface area contributed by atoms with Gasteiger partial charge in [-0.15, -0.1) is 5.10 Å². The number of fused-ring (bicyclic) bond motifs is 4. The molecule has 3 heterocycles. The molecule has 0 radical (unpaired) electrons. The Balaban J connectivity index is 2.20. The number of nitrogens with zero attached hydrogens (tertiary/aromatic N) is 3. The number of nitriles is 1. The number of anilines is 1. The van der Waals surface area contributed by atoms with Crippen LogP contribution < -0.4 is 15.4 Å². The van der Waals surface area contributed by atoms with Gasteiger partial charge in [0.1, 0.15) is 17.1 Å². The highest BCUT2D eigenvalue weighted by Gasteiger charge is 2.61. The number of nitrogens with two attached hydrogens (primary N) is 1. The molecule has 25 heavy (non-hydrogen) atoms. The standard InChI is InChI=1S/C17H13N5O3/c1-8-13-15(21-20-8)25-14(19)11(7-18)17(13)10-5-3-4-6-12(10)22(9(2)23)16(17)24/h3-6H,19H2,1-2H3,(H,20,21)/t17-/m0/s1. The number of H-pyrrole nitrogens is 1. The minimum atomic E-state index is -1.55. The molecule has 0 bridgehead atoms. The van der Waals surface area contributed by atoms with E-state index in [-0.39, 0.29) is 17.3 Å². The molecule has 0 fully saturated rings. The number of hydrogen-bond donors (Lipinski definition) is 2. The fourth-order valence-corrected chi connectivity index (χ4v) is 3.70. The number of hydrogen-bond acceptors (Lipinski definition) is 6. The quantitative estimate of drug-likeness (QED) is 0.739. The maximum absolute atomic E-state index is 13.5. The van der Waals surface area contributed by atoms with Crippen LogP contribution in [0, 0.1) is 18.3 Å². The van der Waals surface area contributed by atoms with Crippen molar-refractivity contribution in [3.05, 3.63) is 52.5 Å². The molecule has 0 saturated heterocycles. The van der Waals surface area contributed by atoms with Crippen LogP contribution in [0.25, 0.3) is 0 Å². The number of carbonyl (C=O) groups excluding carboxylic acids is 2. The molecule has 3 N–H and O–H groups in total. The lowest BCUT2D eigenvalue weighted by molar-refractivity contribution is -0.126. The van der Waals surface area contributed by atoms with Crippen molar-refractivity contribution in [3.8, 4) is 11.9 Å². The van der Waals surface area contributed by atoms with Gasteiger partial charge in [-0.3, -0.25) is 14.7 Å². The number of aryl methyl sites for hydroxylation is 1. The molecule has 0 saturated carbocycles. The monoisotopic (exact) mass is 335 g/mol. The molecular formula is C17H13N5O3. The van der Waals surface area contributed by atoms with Gasteiger partial charge in [-0.05, 0) is 13.0 Å². The van der Waals surface area contributed by atoms with Crippen LogP contribution in [0.3, 0.4) is 0 Å². The number of para-hydroxylation sites is 1. The molecular weight excluding hydrogens is 322 g/mol. The summed E-state index contributed by atoms with van der Waals surface area (Å²) in [4.78, 5) is 26.7. The lowest BCUT2D eigenvalue weighted by Gasteiger charge is -2.32. The maximum atomic E-state index is 13.5. The van der Waals surface area contributed by atoms with Gasteiger partial charge in [0.2, 0.25) is 17.7 Å². The molecule has 2 aliphatic heterocycles. The van der Waals surface area contributed by atoms with Crippen LogP contribution in [0.5, 0.6) is 5.88 Å². The first-order chi connectivity index (χ1) is 11.9. The van der Waals surface area contributed by atoms with Crippen LogP contribution >= 0.6 is 0 Å². The average Bonchev–Trinajstić information content (AvgIpc) is 3.05. The van der Waals surface area contributed by atoms with Crippen LogP contribution in [0.15, 0.2) is 35.7 Å². The Morgan fingerprint density at radius 2 is 2.16 bits per heavy atom. The number of aromatic nitrogens is 2. The molecule has 8 nitrogen and oxygen atoms in total. The number of imide groups is 1. The van der Waals surface area contributed by atoms with Gasteiger partial charge in [0.15, 0.2) is 0 Å². The zero-order valence-corrected chi connectivity index (χ0v) is 13.5. The van der Waals surface area contributed by atoms with E-state index in [1.807, 2.05) is 6.07 Å². The van der Waals surface area contributed by atoms with Gasteiger partial charge in [0.25, 0.3) is 5.91 Å². The Labute approximate surface area is 142 Å². The highest BCUT2D eigenvalue weighted by Crippen LogP contribution is 2.55. The second-order valence-electron chi connectivity index (χ2n) is 5.91. The van der Waals surface area contributed by atoms with E-state index in [1.54, 1.807) is 31.2 Å². The smallest absolute Gasteiger partial charge is 0.254 e. The summed E-state index contributed by atoms with van der Waals surface area (Å²) in [6.07, 6.45) is 0. The molecule has 1 atom stereocenters. The fraction of sp³-hybridized carbons (Fsp3) is 0.176. The molecule has 0 unspecified atom stereocenters. The van der Waals surface area contributed by atoms with Gasteiger partial charge in [-0.1, -0.05) is 18.2 Å². The molecule has 8 heteroatoms. The highest BCUT2D eigenvalue weighted by atomic mass is 16.5. The highest BCUT2D eigenvalue weighted by molar-refractivity contribution is 6.25. The molecule has 2 amide bonds. The SMILES string of the molecule is CC(=O)N1C(=O)[C@]2(C(C#N)=C(N)Oc3n[nH]c(C)c32)c2ccccc21. The van der Waals surface area contributed by atoms with E-state index in [1.165, 1.54) is 6.92 Å². The Bertz CT molecular complexity index is 1030. The van der Waals surface area contributed by atoms with Crippen molar-refractivity contribution in [2.45, 2.75) is 19.3 Å². The minimum absolute atomic E-state index is 0.0503. The molecule has 124 valence electrons. The summed E-state index contributed by atoms with van der Waals surface area (Å²) >= 11 is 0. The molecule has 1 aromatic heterocycles. The number of amides is 2. The summed E-state index contributed by atoms with van der Waals surface area (Å²) < 4.78 is 5.44. The fourth-order valence-electron chi connectivity index (χ4n) is 3.70. The second-order valence-corrected chi connectivity index (χ2v) is 5.91. The normalized spacial score (nSPS) is 21.0. The number of rotatable bonds is 0. The van der Waals surface area contributed by atoms with Gasteiger partial charge in [-0.2, -0.15) is 5.26 Å². The first-order valence-corrected chi connectivity index (χ1v) is 7.52. The Hall–Kier alpha value is -3.60. The van der Waals surface area contributed by atoms with E-state index in [0.717, 1.165) is 4.90 Å². The number of aromatic amines is 1. The molecule has 1 spiro atoms. The van der Waals surface area contributed by atoms with Crippen LogP contribution in [-0.2, 0) is 15.0 Å². The van der Waals surface area contributed by atoms with Crippen molar-refractivity contribution in [2.75, 3.05) is 4.90 Å². The molecule has 0 aliphatic carbocycles. The Kier molecular flexibility index (Phi) is 2.81. The Morgan fingerprint density at radius 3 is 2.84 bits per heavy atom. The van der Waals surface area contributed by atoms with Crippen molar-refractivity contribution in [2.24, 2.45) is 5.73 Å². The van der Waals surface area contributed by atoms with Crippen LogP contribution in [-0.4, -0.2) is 22.0 Å². The van der Waals surface area contributed by atoms with E-state index >= 15 is 0 Å². The van der Waals surface area contributed by atoms with E-state index in [9.17, 15) is 14.9 Å². The number of benzene rings is 1. The van der Waals surface area contributed by atoms with Crippen molar-refractivity contribution >= 4 is 17.5 Å². The number of carbonyl (C=O) groups is 2. The first-order valence-electron chi connectivity index (χ1n) is 7.52. The van der Waals surface area contributed by atoms with Crippen LogP contribution in [0.2, 0.25) is 0 Å². The van der Waals surface area contributed by atoms with E-state index in [4.69, 9.17) is 10.5 Å². The molecule has 1 aromatic carbocycles. The zero-order chi connectivity index (χ0) is 17.9. The summed E-state index contributed by atoms with van der Waals surface area (Å²) in [5, 5.41) is 16.6. The van der Waals surface area contributed by atoms with Crippen LogP contribution in [0.4, 0.5) is 5.69 Å². The third kappa shape index (κ3) is 1.57. The molecule has 4 rings (SSSR count). The summed E-state index contributed by atoms with van der Waals surface area (Å²) in [6.45, 7) is 3.02. The third-order valence-electron chi connectivity index (χ3n) is 4.62. The second kappa shape index (κ2) is 4.70. The van der Waals surface area contributed by atoms with Crippen molar-refractivity contribution in [1.82, 2.24) is 10.2 Å². The molecule has 2 aromatic rings. The predicted molar refractivity (Wildman–Crippen MR) is 86.2 cm³/mol. The van der Waals surface area contributed by atoms with Gasteiger partial charge < -0.3 is 10.5 Å². The maximum Gasteiger partial charge on any atom is 0.254 e. The summed E-state index contributed by atoms with van der Waals surface area (Å²) in [5.41, 5.74) is 6.22. The van der Waals surface area contributed by atoms with Gasteiger partial charge in [0.05, 0.1) is 11.3 Å². The van der Waals surface area contributed by atoms with E-state index in [0.29, 0.717) is 22.5 Å². The van der Waals surface area contributed by atoms with Gasteiger partial charge in [-0.25, -0.2) is 4.90 Å². The van der Waals surface area contributed by atoms with Gasteiger partial charge >= 0.3 is 0 Å². The summed E-state index contributed by atoms with van der Waals surface area (Å²) in [6, 6.07) is 8.85. The lowest BCUT2D eigenvalue weighted by Crippen LogP contribution is -2.47. The summed E-state index contributed by atoms with van der Waals surface area (Å²) in [7, 11) is 0. The predicted octanol–water partition coefficient (Wildman–Crippen LogP) is 0.984. The minimum Gasteiger partial charge on any atom is -0.420 e. The van der Waals surface area contributed by atoms with Crippen molar-refractivity contribution < 1.29 is 14.3 Å². The largest absolute Gasteiger partial charge is 0.420 e. The zero-order valence-electron chi connectivity index (χ0n) is 13.5. The van der Waals surface area contributed by atoms with Crippen molar-refractivity contribution in [3.63, 3.8) is 0 Å². The first kappa shape index (κ1) is 15.0. The van der Waals surface area contributed by atoms with E-state index < -0.39 is 17.2 Å². The topological polar surface area (TPSA) is 125 Å². The average molecular weight is 335 g/mol. The Morgan fingerprint density at radius 1 is 1.44 bits per heavy atom. The van der Waals surface area contributed by atoms with Crippen molar-refractivity contribution in [1.29, 1.82) is 5.26 Å². The van der Waals surface area contributed by atoms with Gasteiger partial charge in [0, 0.05) is 18.2 Å². The molecule has 2 aliphatic rings. The number of ether oxygens (including phenoxy) is 1. The van der Waals surface area contributed by atoms with Crippen LogP contribution in [0.1, 0.15) is 23.7 Å². The number of nitrogens with one attached hydrogen (secondary N) is 1. The summed E-state index contributed by atoms with van der Waals surface area (Å²) in [5.74, 6) is -1.08. The lowest BCUT2D eigenvalue weighted by atomic mass is 9.69. The van der Waals surface area contributed by atoms with E-state index in [2.05, 4.69) is 10.2 Å². The third-order valence-corrected chi connectivity index (χ3v) is 4.62.